The summed E-state index contributed by atoms with van der Waals surface area (Å²) in [4.78, 5) is 43.3. The normalized spacial score (nSPS) is 11.9. The summed E-state index contributed by atoms with van der Waals surface area (Å²) in [6.07, 6.45) is 5.63. The molecule has 0 radical (unpaired) electrons. The van der Waals surface area contributed by atoms with Gasteiger partial charge in [-0.15, -0.1) is 0 Å². The van der Waals surface area contributed by atoms with Gasteiger partial charge in [-0.1, -0.05) is 57.9 Å². The highest BCUT2D eigenvalue weighted by molar-refractivity contribution is 5.86. The monoisotopic (exact) mass is 508 g/mol. The van der Waals surface area contributed by atoms with Crippen molar-refractivity contribution in [3.63, 3.8) is 0 Å². The number of halogens is 1. The number of nitrogens with zero attached hydrogens (tertiary/aromatic N) is 2. The summed E-state index contributed by atoms with van der Waals surface area (Å²) in [6.45, 7) is 6.68. The third kappa shape index (κ3) is 7.51. The van der Waals surface area contributed by atoms with Crippen LogP contribution in [-0.2, 0) is 22.7 Å². The van der Waals surface area contributed by atoms with E-state index in [4.69, 9.17) is 4.42 Å². The molecule has 198 valence electrons. The third-order valence-corrected chi connectivity index (χ3v) is 6.63. The van der Waals surface area contributed by atoms with E-state index in [1.54, 1.807) is 41.3 Å². The Bertz CT molecular complexity index is 1240. The first kappa shape index (κ1) is 28.1. The molecule has 1 aromatic heterocycles. The van der Waals surface area contributed by atoms with Crippen molar-refractivity contribution in [1.29, 1.82) is 0 Å². The minimum atomic E-state index is -0.366. The number of fused-ring (bicyclic) bond motifs is 1. The van der Waals surface area contributed by atoms with Crippen molar-refractivity contribution in [2.45, 2.75) is 66.0 Å². The number of rotatable bonds is 13. The van der Waals surface area contributed by atoms with Crippen LogP contribution in [0.25, 0.3) is 11.0 Å². The van der Waals surface area contributed by atoms with Gasteiger partial charge in [0.05, 0.1) is 30.3 Å². The molecule has 0 bridgehead atoms. The standard InChI is InChI=1S/C30H37FN2O4/c1-4-7-10-23(6-3)30(36)32(17-5-2)20-28(34)33(18-22-13-15-25(31)16-14-22)19-24-21-37-27-12-9-8-11-26(27)29(24)35/h8-9,11-16,21,23H,4-7,10,17-20H2,1-3H3. The highest BCUT2D eigenvalue weighted by Crippen LogP contribution is 2.18. The second-order valence-corrected chi connectivity index (χ2v) is 9.47. The quantitative estimate of drug-likeness (QED) is 0.288. The van der Waals surface area contributed by atoms with E-state index in [1.807, 2.05) is 13.8 Å². The van der Waals surface area contributed by atoms with Gasteiger partial charge in [0, 0.05) is 19.0 Å². The van der Waals surface area contributed by atoms with E-state index in [2.05, 4.69) is 6.92 Å². The zero-order valence-electron chi connectivity index (χ0n) is 22.0. The summed E-state index contributed by atoms with van der Waals surface area (Å²) >= 11 is 0. The van der Waals surface area contributed by atoms with Crippen LogP contribution in [0.4, 0.5) is 4.39 Å². The van der Waals surface area contributed by atoms with Gasteiger partial charge >= 0.3 is 0 Å². The SMILES string of the molecule is CCCCC(CC)C(=O)N(CCC)CC(=O)N(Cc1ccc(F)cc1)Cc1coc2ccccc2c1=O. The van der Waals surface area contributed by atoms with Crippen LogP contribution < -0.4 is 5.43 Å². The van der Waals surface area contributed by atoms with Crippen LogP contribution >= 0.6 is 0 Å². The van der Waals surface area contributed by atoms with Crippen LogP contribution in [0.15, 0.2) is 64.0 Å². The molecule has 2 amide bonds. The molecular formula is C30H37FN2O4. The molecule has 0 aliphatic heterocycles. The van der Waals surface area contributed by atoms with Gasteiger partial charge in [0.25, 0.3) is 0 Å². The van der Waals surface area contributed by atoms with E-state index < -0.39 is 0 Å². The lowest BCUT2D eigenvalue weighted by Gasteiger charge is -2.30. The van der Waals surface area contributed by atoms with Crippen molar-refractivity contribution in [1.82, 2.24) is 9.80 Å². The van der Waals surface area contributed by atoms with Crippen molar-refractivity contribution >= 4 is 22.8 Å². The third-order valence-electron chi connectivity index (χ3n) is 6.63. The minimum Gasteiger partial charge on any atom is -0.464 e. The lowest BCUT2D eigenvalue weighted by Crippen LogP contribution is -2.45. The van der Waals surface area contributed by atoms with E-state index in [0.29, 0.717) is 23.1 Å². The first-order chi connectivity index (χ1) is 17.9. The first-order valence-electron chi connectivity index (χ1n) is 13.2. The Labute approximate surface area is 218 Å². The van der Waals surface area contributed by atoms with E-state index in [1.165, 1.54) is 23.3 Å². The predicted octanol–water partition coefficient (Wildman–Crippen LogP) is 5.92. The molecule has 6 nitrogen and oxygen atoms in total. The van der Waals surface area contributed by atoms with Gasteiger partial charge in [-0.2, -0.15) is 0 Å². The number of carbonyl (C=O) groups is 2. The van der Waals surface area contributed by atoms with Gasteiger partial charge in [0.2, 0.25) is 11.8 Å². The average Bonchev–Trinajstić information content (AvgIpc) is 2.91. The molecule has 0 saturated carbocycles. The zero-order chi connectivity index (χ0) is 26.8. The smallest absolute Gasteiger partial charge is 0.242 e. The molecule has 1 unspecified atom stereocenters. The minimum absolute atomic E-state index is 0.00176. The number of hydrogen-bond donors (Lipinski definition) is 0. The molecule has 0 aliphatic carbocycles. The Hall–Kier alpha value is -3.48. The topological polar surface area (TPSA) is 70.8 Å². The second-order valence-electron chi connectivity index (χ2n) is 9.47. The average molecular weight is 509 g/mol. The van der Waals surface area contributed by atoms with Crippen molar-refractivity contribution in [3.05, 3.63) is 82.0 Å². The van der Waals surface area contributed by atoms with E-state index in [0.717, 1.165) is 37.7 Å². The maximum absolute atomic E-state index is 13.6. The molecule has 0 fully saturated rings. The first-order valence-corrected chi connectivity index (χ1v) is 13.2. The summed E-state index contributed by atoms with van der Waals surface area (Å²) in [7, 11) is 0. The van der Waals surface area contributed by atoms with Crippen molar-refractivity contribution < 1.29 is 18.4 Å². The molecule has 7 heteroatoms. The number of carbonyl (C=O) groups excluding carboxylic acids is 2. The molecule has 1 heterocycles. The van der Waals surface area contributed by atoms with Crippen molar-refractivity contribution in [3.8, 4) is 0 Å². The molecule has 37 heavy (non-hydrogen) atoms. The highest BCUT2D eigenvalue weighted by Gasteiger charge is 2.26. The molecular weight excluding hydrogens is 471 g/mol. The summed E-state index contributed by atoms with van der Waals surface area (Å²) < 4.78 is 19.2. The largest absolute Gasteiger partial charge is 0.464 e. The molecule has 0 N–H and O–H groups in total. The summed E-state index contributed by atoms with van der Waals surface area (Å²) in [5, 5.41) is 0.443. The molecule has 2 aromatic carbocycles. The van der Waals surface area contributed by atoms with Gasteiger partial charge in [0.15, 0.2) is 5.43 Å². The zero-order valence-corrected chi connectivity index (χ0v) is 22.0. The number of hydrogen-bond acceptors (Lipinski definition) is 4. The van der Waals surface area contributed by atoms with E-state index >= 15 is 0 Å². The number of unbranched alkanes of at least 4 members (excludes halogenated alkanes) is 1. The lowest BCUT2D eigenvalue weighted by molar-refractivity contribution is -0.143. The second kappa shape index (κ2) is 13.7. The molecule has 3 rings (SSSR count). The number of para-hydroxylation sites is 1. The number of benzene rings is 2. The fourth-order valence-corrected chi connectivity index (χ4v) is 4.49. The van der Waals surface area contributed by atoms with Crippen LogP contribution in [0.5, 0.6) is 0 Å². The van der Waals surface area contributed by atoms with Crippen LogP contribution in [-0.4, -0.2) is 34.7 Å². The Morgan fingerprint density at radius 2 is 1.68 bits per heavy atom. The van der Waals surface area contributed by atoms with Crippen molar-refractivity contribution in [2.24, 2.45) is 5.92 Å². The lowest BCUT2D eigenvalue weighted by atomic mass is 9.97. The van der Waals surface area contributed by atoms with Gasteiger partial charge in [-0.05, 0) is 49.1 Å². The molecule has 0 saturated heterocycles. The van der Waals surface area contributed by atoms with Gasteiger partial charge in [-0.25, -0.2) is 4.39 Å². The summed E-state index contributed by atoms with van der Waals surface area (Å²) in [5.74, 6) is -0.756. The summed E-state index contributed by atoms with van der Waals surface area (Å²) in [5.41, 5.74) is 1.34. The summed E-state index contributed by atoms with van der Waals surface area (Å²) in [6, 6.07) is 12.9. The number of amides is 2. The van der Waals surface area contributed by atoms with Gasteiger partial charge in [0.1, 0.15) is 11.4 Å². The highest BCUT2D eigenvalue weighted by atomic mass is 19.1. The van der Waals surface area contributed by atoms with Gasteiger partial charge in [-0.3, -0.25) is 14.4 Å². The van der Waals surface area contributed by atoms with Gasteiger partial charge < -0.3 is 14.2 Å². The Balaban J connectivity index is 1.88. The fourth-order valence-electron chi connectivity index (χ4n) is 4.49. The predicted molar refractivity (Wildman–Crippen MR) is 143 cm³/mol. The molecule has 0 aliphatic rings. The Morgan fingerprint density at radius 3 is 2.35 bits per heavy atom. The van der Waals surface area contributed by atoms with Crippen LogP contribution in [0.1, 0.15) is 64.0 Å². The molecule has 3 aromatic rings. The van der Waals surface area contributed by atoms with Crippen LogP contribution in [0.2, 0.25) is 0 Å². The van der Waals surface area contributed by atoms with Crippen LogP contribution in [0, 0.1) is 11.7 Å². The fraction of sp³-hybridized carbons (Fsp3) is 0.433. The van der Waals surface area contributed by atoms with Crippen molar-refractivity contribution in [2.75, 3.05) is 13.1 Å². The van der Waals surface area contributed by atoms with E-state index in [9.17, 15) is 18.8 Å². The van der Waals surface area contributed by atoms with E-state index in [-0.39, 0.29) is 48.6 Å². The maximum atomic E-state index is 13.6. The molecule has 1 atom stereocenters. The Kier molecular flexibility index (Phi) is 10.4. The van der Waals surface area contributed by atoms with Crippen LogP contribution in [0.3, 0.4) is 0 Å². The Morgan fingerprint density at radius 1 is 0.946 bits per heavy atom. The maximum Gasteiger partial charge on any atom is 0.242 e. The molecule has 0 spiro atoms.